The molecule has 12 heavy (non-hydrogen) atoms. The average Bonchev–Trinajstić information content (AvgIpc) is 2.24. The zero-order valence-electron chi connectivity index (χ0n) is 7.72. The van der Waals surface area contributed by atoms with Gasteiger partial charge in [-0.3, -0.25) is 0 Å². The number of piperidine rings is 1. The van der Waals surface area contributed by atoms with Gasteiger partial charge in [-0.2, -0.15) is 0 Å². The van der Waals surface area contributed by atoms with Crippen molar-refractivity contribution in [2.24, 2.45) is 0 Å². The number of ether oxygens (including phenoxy) is 1. The highest BCUT2D eigenvalue weighted by Crippen LogP contribution is 1.98. The van der Waals surface area contributed by atoms with Gasteiger partial charge in [-0.25, -0.2) is 0 Å². The molecule has 1 fully saturated rings. The van der Waals surface area contributed by atoms with Gasteiger partial charge in [0.15, 0.2) is 0 Å². The van der Waals surface area contributed by atoms with E-state index in [1.54, 1.807) is 6.26 Å². The highest BCUT2D eigenvalue weighted by molar-refractivity contribution is 4.76. The van der Waals surface area contributed by atoms with Crippen LogP contribution < -0.4 is 5.32 Å². The van der Waals surface area contributed by atoms with E-state index >= 15 is 0 Å². The molecular formula is C10H19NO. The zero-order chi connectivity index (χ0) is 8.49. The second-order valence-electron chi connectivity index (χ2n) is 3.20. The maximum atomic E-state index is 4.89. The lowest BCUT2D eigenvalue weighted by Crippen LogP contribution is -2.21. The fourth-order valence-corrected chi connectivity index (χ4v) is 1.29. The Morgan fingerprint density at radius 3 is 2.00 bits per heavy atom. The fraction of sp³-hybridized carbons (Fsp3) is 0.800. The van der Waals surface area contributed by atoms with Gasteiger partial charge in [0.25, 0.3) is 0 Å². The van der Waals surface area contributed by atoms with Crippen LogP contribution >= 0.6 is 0 Å². The Balaban J connectivity index is 0.000000120. The molecule has 0 aromatic rings. The highest BCUT2D eigenvalue weighted by atomic mass is 16.5. The van der Waals surface area contributed by atoms with Crippen LogP contribution in [-0.4, -0.2) is 19.7 Å². The summed E-state index contributed by atoms with van der Waals surface area (Å²) in [5.41, 5.74) is 0. The van der Waals surface area contributed by atoms with Crippen LogP contribution in [0, 0.1) is 0 Å². The molecule has 70 valence electrons. The Bertz CT molecular complexity index is 99.5. The van der Waals surface area contributed by atoms with Crippen LogP contribution in [0.1, 0.15) is 32.1 Å². The number of nitrogens with one attached hydrogen (secondary N) is 1. The Hall–Kier alpha value is -0.500. The summed E-state index contributed by atoms with van der Waals surface area (Å²) in [4.78, 5) is 0. The quantitative estimate of drug-likeness (QED) is 0.599. The summed E-state index contributed by atoms with van der Waals surface area (Å²) in [6.45, 7) is 3.41. The Morgan fingerprint density at radius 2 is 1.83 bits per heavy atom. The summed E-state index contributed by atoms with van der Waals surface area (Å²) in [6.07, 6.45) is 10.4. The van der Waals surface area contributed by atoms with Gasteiger partial charge in [-0.15, -0.1) is 0 Å². The molecule has 2 nitrogen and oxygen atoms in total. The summed E-state index contributed by atoms with van der Waals surface area (Å²) in [5, 5.41) is 3.28. The lowest BCUT2D eigenvalue weighted by Gasteiger charge is -2.08. The SMILES string of the molecule is C1=COCCC1.C1CCNCC1. The minimum absolute atomic E-state index is 0.913. The maximum Gasteiger partial charge on any atom is 0.0876 e. The molecule has 2 aliphatic rings. The molecule has 0 bridgehead atoms. The number of hydrogen-bond donors (Lipinski definition) is 1. The molecule has 1 saturated heterocycles. The molecule has 2 heterocycles. The molecule has 2 heteroatoms. The van der Waals surface area contributed by atoms with E-state index in [0.29, 0.717) is 0 Å². The van der Waals surface area contributed by atoms with E-state index in [9.17, 15) is 0 Å². The summed E-state index contributed by atoms with van der Waals surface area (Å²) >= 11 is 0. The predicted molar refractivity (Wildman–Crippen MR) is 51.0 cm³/mol. The van der Waals surface area contributed by atoms with Crippen LogP contribution in [0.15, 0.2) is 12.3 Å². The number of allylic oxidation sites excluding steroid dienone is 1. The minimum Gasteiger partial charge on any atom is -0.502 e. The first-order valence-corrected chi connectivity index (χ1v) is 4.97. The van der Waals surface area contributed by atoms with Crippen molar-refractivity contribution in [2.45, 2.75) is 32.1 Å². The molecule has 0 aromatic carbocycles. The van der Waals surface area contributed by atoms with Crippen molar-refractivity contribution in [2.75, 3.05) is 19.7 Å². The molecule has 0 aliphatic carbocycles. The van der Waals surface area contributed by atoms with E-state index in [-0.39, 0.29) is 0 Å². The van der Waals surface area contributed by atoms with Crippen molar-refractivity contribution in [3.63, 3.8) is 0 Å². The summed E-state index contributed by atoms with van der Waals surface area (Å²) < 4.78 is 4.89. The van der Waals surface area contributed by atoms with Crippen molar-refractivity contribution in [3.8, 4) is 0 Å². The van der Waals surface area contributed by atoms with Gasteiger partial charge in [0.05, 0.1) is 12.9 Å². The van der Waals surface area contributed by atoms with E-state index in [1.807, 2.05) is 6.08 Å². The molecule has 1 N–H and O–H groups in total. The molecule has 0 spiro atoms. The fourth-order valence-electron chi connectivity index (χ4n) is 1.29. The van der Waals surface area contributed by atoms with E-state index in [4.69, 9.17) is 4.74 Å². The molecule has 0 unspecified atom stereocenters. The van der Waals surface area contributed by atoms with Crippen LogP contribution in [0.4, 0.5) is 0 Å². The predicted octanol–water partition coefficient (Wildman–Crippen LogP) is 2.07. The molecule has 0 aromatic heterocycles. The Morgan fingerprint density at radius 1 is 1.00 bits per heavy atom. The second kappa shape index (κ2) is 7.17. The normalized spacial score (nSPS) is 22.0. The number of hydrogen-bond acceptors (Lipinski definition) is 2. The monoisotopic (exact) mass is 169 g/mol. The molecule has 0 amide bonds. The average molecular weight is 169 g/mol. The first-order chi connectivity index (χ1) is 6.00. The lowest BCUT2D eigenvalue weighted by atomic mass is 10.2. The third-order valence-corrected chi connectivity index (χ3v) is 2.03. The van der Waals surface area contributed by atoms with Crippen molar-refractivity contribution in [1.82, 2.24) is 5.32 Å². The van der Waals surface area contributed by atoms with Gasteiger partial charge in [0, 0.05) is 0 Å². The molecule has 2 aliphatic heterocycles. The van der Waals surface area contributed by atoms with Crippen LogP contribution in [0.5, 0.6) is 0 Å². The summed E-state index contributed by atoms with van der Waals surface area (Å²) in [5.74, 6) is 0. The Labute approximate surface area is 75.0 Å². The standard InChI is InChI=1S/C5H11N.C5H8O/c2*1-2-4-6-5-3-1/h6H,1-5H2;2,4H,1,3,5H2. The lowest BCUT2D eigenvalue weighted by molar-refractivity contribution is 0.231. The van der Waals surface area contributed by atoms with Crippen LogP contribution in [0.2, 0.25) is 0 Å². The van der Waals surface area contributed by atoms with Gasteiger partial charge in [-0.05, 0) is 44.8 Å². The van der Waals surface area contributed by atoms with Gasteiger partial charge < -0.3 is 10.1 Å². The van der Waals surface area contributed by atoms with Crippen molar-refractivity contribution in [3.05, 3.63) is 12.3 Å². The summed E-state index contributed by atoms with van der Waals surface area (Å²) in [7, 11) is 0. The summed E-state index contributed by atoms with van der Waals surface area (Å²) in [6, 6.07) is 0. The first kappa shape index (κ1) is 9.59. The first-order valence-electron chi connectivity index (χ1n) is 4.97. The third kappa shape index (κ3) is 5.19. The van der Waals surface area contributed by atoms with Crippen molar-refractivity contribution in [1.29, 1.82) is 0 Å². The largest absolute Gasteiger partial charge is 0.502 e. The molecule has 0 saturated carbocycles. The topological polar surface area (TPSA) is 21.3 Å². The smallest absolute Gasteiger partial charge is 0.0876 e. The highest BCUT2D eigenvalue weighted by Gasteiger charge is 1.93. The van der Waals surface area contributed by atoms with Gasteiger partial charge in [0.1, 0.15) is 0 Å². The third-order valence-electron chi connectivity index (χ3n) is 2.03. The van der Waals surface area contributed by atoms with Gasteiger partial charge in [-0.1, -0.05) is 6.42 Å². The van der Waals surface area contributed by atoms with Crippen LogP contribution in [-0.2, 0) is 4.74 Å². The van der Waals surface area contributed by atoms with E-state index < -0.39 is 0 Å². The maximum absolute atomic E-state index is 4.89. The van der Waals surface area contributed by atoms with E-state index in [2.05, 4.69) is 5.32 Å². The zero-order valence-corrected chi connectivity index (χ0v) is 7.72. The second-order valence-corrected chi connectivity index (χ2v) is 3.20. The Kier molecular flexibility index (Phi) is 5.72. The van der Waals surface area contributed by atoms with Crippen LogP contribution in [0.3, 0.4) is 0 Å². The van der Waals surface area contributed by atoms with E-state index in [0.717, 1.165) is 6.61 Å². The van der Waals surface area contributed by atoms with Crippen molar-refractivity contribution < 1.29 is 4.74 Å². The van der Waals surface area contributed by atoms with Gasteiger partial charge in [0.2, 0.25) is 0 Å². The molecule has 2 rings (SSSR count). The molecular weight excluding hydrogens is 150 g/mol. The van der Waals surface area contributed by atoms with Crippen LogP contribution in [0.25, 0.3) is 0 Å². The number of rotatable bonds is 0. The molecule has 0 radical (unpaired) electrons. The van der Waals surface area contributed by atoms with E-state index in [1.165, 1.54) is 45.2 Å². The van der Waals surface area contributed by atoms with Gasteiger partial charge >= 0.3 is 0 Å². The minimum atomic E-state index is 0.913. The van der Waals surface area contributed by atoms with Crippen molar-refractivity contribution >= 4 is 0 Å². The molecule has 0 atom stereocenters.